The van der Waals surface area contributed by atoms with E-state index in [9.17, 15) is 5.11 Å². The van der Waals surface area contributed by atoms with Crippen LogP contribution in [0.25, 0.3) is 17.0 Å². The van der Waals surface area contributed by atoms with Crippen LogP contribution < -0.4 is 5.32 Å². The Morgan fingerprint density at radius 1 is 1.08 bits per heavy atom. The van der Waals surface area contributed by atoms with E-state index in [-0.39, 0.29) is 6.54 Å². The molecule has 1 unspecified atom stereocenters. The van der Waals surface area contributed by atoms with E-state index in [0.717, 1.165) is 11.3 Å². The quantitative estimate of drug-likeness (QED) is 0.565. The normalized spacial score (nSPS) is 12.2. The van der Waals surface area contributed by atoms with Crippen LogP contribution in [-0.4, -0.2) is 31.2 Å². The van der Waals surface area contributed by atoms with Gasteiger partial charge in [-0.3, -0.25) is 0 Å². The molecule has 0 aliphatic rings. The summed E-state index contributed by atoms with van der Waals surface area (Å²) in [4.78, 5) is 8.71. The van der Waals surface area contributed by atoms with Crippen molar-refractivity contribution in [2.24, 2.45) is 0 Å². The van der Waals surface area contributed by atoms with Crippen LogP contribution in [0.15, 0.2) is 67.0 Å². The van der Waals surface area contributed by atoms with Crippen molar-refractivity contribution in [2.45, 2.75) is 6.10 Å². The number of fused-ring (bicyclic) bond motifs is 1. The molecule has 0 aliphatic heterocycles. The molecule has 2 N–H and O–H groups in total. The zero-order chi connectivity index (χ0) is 17.9. The first-order valence-corrected chi connectivity index (χ1v) is 8.53. The molecule has 2 aromatic heterocycles. The fourth-order valence-corrected chi connectivity index (χ4v) is 3.01. The van der Waals surface area contributed by atoms with E-state index in [4.69, 9.17) is 11.6 Å². The SMILES string of the molecule is OC(CNc1cc(-c2ccccc2)nc2ncnn12)c1ccccc1Cl. The van der Waals surface area contributed by atoms with E-state index in [0.29, 0.717) is 22.2 Å². The minimum atomic E-state index is -0.754. The second kappa shape index (κ2) is 7.11. The number of aliphatic hydroxyl groups excluding tert-OH is 1. The topological polar surface area (TPSA) is 75.3 Å². The smallest absolute Gasteiger partial charge is 0.254 e. The standard InChI is InChI=1S/C19H16ClN5O/c20-15-9-5-4-8-14(15)17(26)11-21-18-10-16(13-6-2-1-3-7-13)24-19-22-12-23-25(18)19/h1-10,12,17,21,26H,11H2. The number of halogens is 1. The maximum atomic E-state index is 10.5. The third-order valence-electron chi connectivity index (χ3n) is 4.06. The molecule has 0 fully saturated rings. The number of rotatable bonds is 5. The highest BCUT2D eigenvalue weighted by atomic mass is 35.5. The van der Waals surface area contributed by atoms with Crippen molar-refractivity contribution >= 4 is 23.2 Å². The molecule has 2 aromatic carbocycles. The van der Waals surface area contributed by atoms with Crippen LogP contribution in [0.4, 0.5) is 5.82 Å². The first-order chi connectivity index (χ1) is 12.7. The predicted molar refractivity (Wildman–Crippen MR) is 101 cm³/mol. The van der Waals surface area contributed by atoms with E-state index >= 15 is 0 Å². The van der Waals surface area contributed by atoms with Gasteiger partial charge in [-0.1, -0.05) is 60.1 Å². The number of hydrogen-bond acceptors (Lipinski definition) is 5. The number of anilines is 1. The maximum Gasteiger partial charge on any atom is 0.254 e. The van der Waals surface area contributed by atoms with Gasteiger partial charge < -0.3 is 10.4 Å². The first-order valence-electron chi connectivity index (χ1n) is 8.15. The van der Waals surface area contributed by atoms with Gasteiger partial charge in [0.15, 0.2) is 0 Å². The van der Waals surface area contributed by atoms with Crippen molar-refractivity contribution in [2.75, 3.05) is 11.9 Å². The van der Waals surface area contributed by atoms with Gasteiger partial charge in [-0.15, -0.1) is 0 Å². The molecule has 130 valence electrons. The number of nitrogens with one attached hydrogen (secondary N) is 1. The van der Waals surface area contributed by atoms with Crippen LogP contribution >= 0.6 is 11.6 Å². The van der Waals surface area contributed by atoms with E-state index in [1.807, 2.05) is 54.6 Å². The Morgan fingerprint density at radius 2 is 1.85 bits per heavy atom. The summed E-state index contributed by atoms with van der Waals surface area (Å²) in [5, 5.41) is 18.4. The molecule has 0 amide bonds. The highest BCUT2D eigenvalue weighted by Gasteiger charge is 2.13. The Kier molecular flexibility index (Phi) is 4.51. The summed E-state index contributed by atoms with van der Waals surface area (Å²) in [5.74, 6) is 1.18. The lowest BCUT2D eigenvalue weighted by Gasteiger charge is -2.15. The fourth-order valence-electron chi connectivity index (χ4n) is 2.75. The molecule has 1 atom stereocenters. The van der Waals surface area contributed by atoms with Crippen molar-refractivity contribution < 1.29 is 5.11 Å². The number of hydrogen-bond donors (Lipinski definition) is 2. The van der Waals surface area contributed by atoms with Crippen molar-refractivity contribution in [3.8, 4) is 11.3 Å². The number of aromatic nitrogens is 4. The summed E-state index contributed by atoms with van der Waals surface area (Å²) < 4.78 is 1.60. The highest BCUT2D eigenvalue weighted by molar-refractivity contribution is 6.31. The van der Waals surface area contributed by atoms with E-state index in [2.05, 4.69) is 20.4 Å². The lowest BCUT2D eigenvalue weighted by molar-refractivity contribution is 0.191. The van der Waals surface area contributed by atoms with Gasteiger partial charge in [-0.05, 0) is 6.07 Å². The zero-order valence-corrected chi connectivity index (χ0v) is 14.5. The lowest BCUT2D eigenvalue weighted by atomic mass is 10.1. The summed E-state index contributed by atoms with van der Waals surface area (Å²) in [5.41, 5.74) is 2.43. The minimum absolute atomic E-state index is 0.275. The Morgan fingerprint density at radius 3 is 2.65 bits per heavy atom. The second-order valence-corrected chi connectivity index (χ2v) is 6.19. The van der Waals surface area contributed by atoms with E-state index < -0.39 is 6.10 Å². The largest absolute Gasteiger partial charge is 0.387 e. The van der Waals surface area contributed by atoms with Crippen molar-refractivity contribution in [3.63, 3.8) is 0 Å². The average Bonchev–Trinajstić information content (AvgIpc) is 3.15. The fraction of sp³-hybridized carbons (Fsp3) is 0.105. The Hall–Kier alpha value is -2.96. The molecular formula is C19H16ClN5O. The second-order valence-electron chi connectivity index (χ2n) is 5.78. The van der Waals surface area contributed by atoms with Gasteiger partial charge in [-0.2, -0.15) is 14.6 Å². The molecule has 0 saturated carbocycles. The van der Waals surface area contributed by atoms with Crippen LogP contribution in [-0.2, 0) is 0 Å². The van der Waals surface area contributed by atoms with Gasteiger partial charge >= 0.3 is 0 Å². The summed E-state index contributed by atoms with van der Waals surface area (Å²) in [6.45, 7) is 0.275. The monoisotopic (exact) mass is 365 g/mol. The third-order valence-corrected chi connectivity index (χ3v) is 4.41. The molecular weight excluding hydrogens is 350 g/mol. The molecule has 4 aromatic rings. The molecule has 6 nitrogen and oxygen atoms in total. The van der Waals surface area contributed by atoms with Gasteiger partial charge in [0.2, 0.25) is 0 Å². The third kappa shape index (κ3) is 3.24. The molecule has 0 aliphatic carbocycles. The Bertz CT molecular complexity index is 1030. The zero-order valence-electron chi connectivity index (χ0n) is 13.7. The first kappa shape index (κ1) is 16.5. The van der Waals surface area contributed by atoms with Gasteiger partial charge in [0.25, 0.3) is 5.78 Å². The molecule has 0 radical (unpaired) electrons. The maximum absolute atomic E-state index is 10.5. The average molecular weight is 366 g/mol. The van der Waals surface area contributed by atoms with Crippen molar-refractivity contribution in [3.05, 3.63) is 77.6 Å². The molecule has 0 bridgehead atoms. The molecule has 4 rings (SSSR count). The Labute approximate surface area is 155 Å². The highest BCUT2D eigenvalue weighted by Crippen LogP contribution is 2.24. The predicted octanol–water partition coefficient (Wildman–Crippen LogP) is 3.59. The van der Waals surface area contributed by atoms with Crippen LogP contribution in [0, 0.1) is 0 Å². The summed E-state index contributed by atoms with van der Waals surface area (Å²) >= 11 is 6.16. The van der Waals surface area contributed by atoms with Gasteiger partial charge in [-0.25, -0.2) is 4.98 Å². The summed E-state index contributed by atoms with van der Waals surface area (Å²) in [7, 11) is 0. The molecule has 26 heavy (non-hydrogen) atoms. The van der Waals surface area contributed by atoms with Crippen molar-refractivity contribution in [1.82, 2.24) is 19.6 Å². The number of aliphatic hydroxyl groups is 1. The van der Waals surface area contributed by atoms with Gasteiger partial charge in [0, 0.05) is 28.8 Å². The van der Waals surface area contributed by atoms with Crippen LogP contribution in [0.2, 0.25) is 5.02 Å². The van der Waals surface area contributed by atoms with E-state index in [1.165, 1.54) is 6.33 Å². The molecule has 0 saturated heterocycles. The van der Waals surface area contributed by atoms with E-state index in [1.54, 1.807) is 10.6 Å². The van der Waals surface area contributed by atoms with Gasteiger partial charge in [0.1, 0.15) is 12.1 Å². The Balaban J connectivity index is 1.64. The summed E-state index contributed by atoms with van der Waals surface area (Å²) in [6.07, 6.45) is 0.697. The molecule has 0 spiro atoms. The molecule has 7 heteroatoms. The minimum Gasteiger partial charge on any atom is -0.387 e. The number of nitrogens with zero attached hydrogens (tertiary/aromatic N) is 4. The van der Waals surface area contributed by atoms with Crippen LogP contribution in [0.1, 0.15) is 11.7 Å². The number of benzene rings is 2. The van der Waals surface area contributed by atoms with Gasteiger partial charge in [0.05, 0.1) is 11.8 Å². The molecule has 2 heterocycles. The summed E-state index contributed by atoms with van der Waals surface area (Å²) in [6, 6.07) is 19.0. The lowest BCUT2D eigenvalue weighted by Crippen LogP contribution is -2.15. The van der Waals surface area contributed by atoms with Crippen molar-refractivity contribution in [1.29, 1.82) is 0 Å². The van der Waals surface area contributed by atoms with Crippen LogP contribution in [0.3, 0.4) is 0 Å². The van der Waals surface area contributed by atoms with Crippen LogP contribution in [0.5, 0.6) is 0 Å².